The van der Waals surface area contributed by atoms with Gasteiger partial charge < -0.3 is 21.4 Å². The normalized spacial score (nSPS) is 26.1. The Balaban J connectivity index is 0.000000248. The molecule has 5 N–H and O–H groups in total. The van der Waals surface area contributed by atoms with Gasteiger partial charge >= 0.3 is 0 Å². The largest absolute Gasteiger partial charge is 0.364 e. The SMILES string of the molecule is CC.Cc1c(SC2C=CC(N)C(C=N)C2)cc(C(N)=O)n1C.FC1=CCC(N2CCCC2)N=C1. The Kier molecular flexibility index (Phi) is 11.2. The zero-order valence-corrected chi connectivity index (χ0v) is 21.5. The van der Waals surface area contributed by atoms with Crippen molar-refractivity contribution in [2.75, 3.05) is 13.1 Å². The standard InChI is InChI=1S/C14H20N4OS.C9H13FN2.C2H6/c1-8-13(6-12(14(17)19)18(8)2)20-10-3-4-11(16)9(5-10)7-15;10-8-3-4-9(11-7-8)12-5-1-2-6-12;1-2/h3-4,6-7,9-11,15H,5,16H2,1-2H3,(H2,17,19);3,7,9H,1-2,4-6H2;1-2H3. The van der Waals surface area contributed by atoms with E-state index in [0.717, 1.165) is 36.5 Å². The molecule has 3 aliphatic rings. The Morgan fingerprint density at radius 2 is 1.97 bits per heavy atom. The van der Waals surface area contributed by atoms with Crippen LogP contribution in [0.5, 0.6) is 0 Å². The lowest BCUT2D eigenvalue weighted by atomic mass is 9.91. The van der Waals surface area contributed by atoms with Gasteiger partial charge in [-0.15, -0.1) is 11.8 Å². The molecule has 0 aromatic carbocycles. The number of rotatable bonds is 5. The lowest BCUT2D eigenvalue weighted by Crippen LogP contribution is -2.34. The number of hydrogen-bond acceptors (Lipinski definition) is 6. The molecule has 0 spiro atoms. The van der Waals surface area contributed by atoms with Crippen molar-refractivity contribution in [3.8, 4) is 0 Å². The first kappa shape index (κ1) is 28.0. The number of thioether (sulfide) groups is 1. The third kappa shape index (κ3) is 7.38. The van der Waals surface area contributed by atoms with Gasteiger partial charge in [0.05, 0.1) is 6.21 Å². The third-order valence-electron chi connectivity index (χ3n) is 6.24. The Labute approximate surface area is 207 Å². The minimum Gasteiger partial charge on any atom is -0.364 e. The van der Waals surface area contributed by atoms with Gasteiger partial charge in [-0.05, 0) is 38.3 Å². The van der Waals surface area contributed by atoms with Crippen molar-refractivity contribution in [2.24, 2.45) is 29.4 Å². The molecule has 1 saturated heterocycles. The highest BCUT2D eigenvalue weighted by Gasteiger charge is 2.25. The highest BCUT2D eigenvalue weighted by atomic mass is 32.2. The molecule has 0 saturated carbocycles. The fourth-order valence-electron chi connectivity index (χ4n) is 4.13. The van der Waals surface area contributed by atoms with E-state index in [1.165, 1.54) is 25.3 Å². The summed E-state index contributed by atoms with van der Waals surface area (Å²) in [5.74, 6) is -0.524. The lowest BCUT2D eigenvalue weighted by Gasteiger charge is -2.26. The van der Waals surface area contributed by atoms with Gasteiger partial charge in [-0.25, -0.2) is 4.39 Å². The van der Waals surface area contributed by atoms with E-state index in [4.69, 9.17) is 16.9 Å². The van der Waals surface area contributed by atoms with Crippen molar-refractivity contribution >= 4 is 30.1 Å². The number of primary amides is 1. The highest BCUT2D eigenvalue weighted by molar-refractivity contribution is 8.00. The van der Waals surface area contributed by atoms with Crippen LogP contribution in [0, 0.1) is 18.3 Å². The van der Waals surface area contributed by atoms with Crippen LogP contribution in [-0.2, 0) is 7.05 Å². The van der Waals surface area contributed by atoms with E-state index in [1.54, 1.807) is 17.8 Å². The number of dihydropyridines is 1. The Morgan fingerprint density at radius 1 is 1.29 bits per heavy atom. The number of aromatic nitrogens is 1. The first-order chi connectivity index (χ1) is 16.3. The van der Waals surface area contributed by atoms with Gasteiger partial charge in [-0.2, -0.15) is 0 Å². The summed E-state index contributed by atoms with van der Waals surface area (Å²) in [4.78, 5) is 18.9. The molecule has 1 amide bonds. The molecule has 1 fully saturated rings. The predicted octanol–water partition coefficient (Wildman–Crippen LogP) is 4.21. The molecule has 2 aliphatic heterocycles. The number of nitrogens with zero attached hydrogens (tertiary/aromatic N) is 3. The molecule has 1 aromatic rings. The number of likely N-dealkylation sites (tertiary alicyclic amines) is 1. The summed E-state index contributed by atoms with van der Waals surface area (Å²) < 4.78 is 14.4. The van der Waals surface area contributed by atoms with Gasteiger partial charge in [0.15, 0.2) is 0 Å². The van der Waals surface area contributed by atoms with Gasteiger partial charge in [0.2, 0.25) is 0 Å². The second kappa shape index (κ2) is 13.6. The highest BCUT2D eigenvalue weighted by Crippen LogP contribution is 2.34. The minimum atomic E-state index is -0.416. The smallest absolute Gasteiger partial charge is 0.265 e. The van der Waals surface area contributed by atoms with Crippen molar-refractivity contribution in [3.63, 3.8) is 0 Å². The molecule has 3 heterocycles. The fraction of sp³-hybridized carbons (Fsp3) is 0.560. The molecule has 4 atom stereocenters. The van der Waals surface area contributed by atoms with Crippen LogP contribution >= 0.6 is 11.8 Å². The van der Waals surface area contributed by atoms with Gasteiger partial charge in [-0.3, -0.25) is 14.7 Å². The van der Waals surface area contributed by atoms with Gasteiger partial charge in [0.25, 0.3) is 5.91 Å². The summed E-state index contributed by atoms with van der Waals surface area (Å²) in [6.07, 6.45) is 12.8. The van der Waals surface area contributed by atoms with Crippen LogP contribution in [0.1, 0.15) is 55.7 Å². The van der Waals surface area contributed by atoms with Crippen molar-refractivity contribution in [2.45, 2.75) is 68.8 Å². The number of hydrogen-bond donors (Lipinski definition) is 3. The molecule has 9 heteroatoms. The van der Waals surface area contributed by atoms with Crippen LogP contribution in [-0.4, -0.2) is 58.4 Å². The van der Waals surface area contributed by atoms with E-state index in [1.807, 2.05) is 44.5 Å². The van der Waals surface area contributed by atoms with E-state index in [0.29, 0.717) is 5.69 Å². The maximum absolute atomic E-state index is 12.5. The Bertz CT molecular complexity index is 919. The van der Waals surface area contributed by atoms with Crippen LogP contribution in [0.2, 0.25) is 0 Å². The molecule has 0 bridgehead atoms. The van der Waals surface area contributed by atoms with Gasteiger partial charge in [0.1, 0.15) is 17.7 Å². The number of aliphatic imine (C=N–C) groups is 1. The van der Waals surface area contributed by atoms with Crippen molar-refractivity contribution in [3.05, 3.63) is 41.5 Å². The Hall–Kier alpha value is -2.23. The van der Waals surface area contributed by atoms with E-state index >= 15 is 0 Å². The lowest BCUT2D eigenvalue weighted by molar-refractivity contribution is 0.0992. The van der Waals surface area contributed by atoms with Gasteiger partial charge in [0, 0.05) is 60.6 Å². The molecule has 34 heavy (non-hydrogen) atoms. The second-order valence-electron chi connectivity index (χ2n) is 8.41. The topological polar surface area (TPSA) is 113 Å². The van der Waals surface area contributed by atoms with E-state index < -0.39 is 5.91 Å². The van der Waals surface area contributed by atoms with Gasteiger partial charge in [-0.1, -0.05) is 26.0 Å². The predicted molar refractivity (Wildman–Crippen MR) is 141 cm³/mol. The molecule has 4 rings (SSSR count). The summed E-state index contributed by atoms with van der Waals surface area (Å²) in [5.41, 5.74) is 12.8. The van der Waals surface area contributed by atoms with Crippen LogP contribution < -0.4 is 11.5 Å². The fourth-order valence-corrected chi connectivity index (χ4v) is 5.43. The second-order valence-corrected chi connectivity index (χ2v) is 9.69. The average Bonchev–Trinajstić information content (AvgIpc) is 3.47. The van der Waals surface area contributed by atoms with Crippen LogP contribution in [0.15, 0.2) is 40.0 Å². The molecular weight excluding hydrogens is 451 g/mol. The van der Waals surface area contributed by atoms with E-state index in [9.17, 15) is 9.18 Å². The molecule has 1 aliphatic carbocycles. The monoisotopic (exact) mass is 490 g/mol. The zero-order chi connectivity index (χ0) is 25.3. The summed E-state index contributed by atoms with van der Waals surface area (Å²) in [6, 6.07) is 1.77. The van der Waals surface area contributed by atoms with Crippen LogP contribution in [0.3, 0.4) is 0 Å². The number of nitrogens with two attached hydrogens (primary N) is 2. The van der Waals surface area contributed by atoms with E-state index in [2.05, 4.69) is 16.0 Å². The van der Waals surface area contributed by atoms with Crippen molar-refractivity contribution in [1.29, 1.82) is 5.41 Å². The molecule has 1 aromatic heterocycles. The number of amides is 1. The number of nitrogens with one attached hydrogen (secondary N) is 1. The summed E-state index contributed by atoms with van der Waals surface area (Å²) in [7, 11) is 1.84. The average molecular weight is 491 g/mol. The van der Waals surface area contributed by atoms with E-state index in [-0.39, 0.29) is 29.2 Å². The molecular formula is C25H39FN6OS. The van der Waals surface area contributed by atoms with Crippen molar-refractivity contribution in [1.82, 2.24) is 9.47 Å². The summed E-state index contributed by atoms with van der Waals surface area (Å²) >= 11 is 1.69. The summed E-state index contributed by atoms with van der Waals surface area (Å²) in [5, 5.41) is 7.69. The maximum Gasteiger partial charge on any atom is 0.265 e. The Morgan fingerprint density at radius 3 is 2.50 bits per heavy atom. The molecule has 7 nitrogen and oxygen atoms in total. The number of allylic oxidation sites excluding steroid dienone is 1. The molecule has 4 unspecified atom stereocenters. The maximum atomic E-state index is 12.5. The molecule has 188 valence electrons. The third-order valence-corrected chi connectivity index (χ3v) is 7.56. The minimum absolute atomic E-state index is 0.0672. The number of carbonyl (C=O) groups excluding carboxylic acids is 1. The van der Waals surface area contributed by atoms with Crippen LogP contribution in [0.4, 0.5) is 4.39 Å². The number of halogens is 1. The number of carbonyl (C=O) groups is 1. The molecule has 0 radical (unpaired) electrons. The quantitative estimate of drug-likeness (QED) is 0.424. The van der Waals surface area contributed by atoms with Crippen molar-refractivity contribution < 1.29 is 9.18 Å². The van der Waals surface area contributed by atoms with Crippen LogP contribution in [0.25, 0.3) is 0 Å². The zero-order valence-electron chi connectivity index (χ0n) is 20.7. The first-order valence-electron chi connectivity index (χ1n) is 12.0. The first-order valence-corrected chi connectivity index (χ1v) is 12.9. The summed E-state index contributed by atoms with van der Waals surface area (Å²) in [6.45, 7) is 8.22.